The lowest BCUT2D eigenvalue weighted by Gasteiger charge is -2.12. The van der Waals surface area contributed by atoms with Crippen molar-refractivity contribution >= 4 is 22.5 Å². The minimum atomic E-state index is -0.475. The topological polar surface area (TPSA) is 49.7 Å². The fourth-order valence-electron chi connectivity index (χ4n) is 1.87. The summed E-state index contributed by atoms with van der Waals surface area (Å²) in [5, 5.41) is 21.4. The minimum Gasteiger partial charge on any atom is -0.507 e. The third-order valence-corrected chi connectivity index (χ3v) is 4.03. The molecule has 102 valence electrons. The van der Waals surface area contributed by atoms with Gasteiger partial charge < -0.3 is 14.9 Å². The van der Waals surface area contributed by atoms with Crippen LogP contribution in [0.3, 0.4) is 0 Å². The molecule has 0 bridgehead atoms. The summed E-state index contributed by atoms with van der Waals surface area (Å²) in [6.45, 7) is 2.89. The van der Waals surface area contributed by atoms with Gasteiger partial charge in [-0.25, -0.2) is 0 Å². The van der Waals surface area contributed by atoms with Crippen LogP contribution in [0.4, 0.5) is 0 Å². The Bertz CT molecular complexity index is 542. The number of hydrogen-bond acceptors (Lipinski definition) is 4. The second-order valence-corrected chi connectivity index (χ2v) is 5.31. The number of phenolic OH excluding ortho intramolecular Hbond substituents is 1. The van der Waals surface area contributed by atoms with Crippen LogP contribution in [0, 0.1) is 0 Å². The highest BCUT2D eigenvalue weighted by Gasteiger charge is 2.09. The predicted molar refractivity (Wildman–Crippen MR) is 78.8 cm³/mol. The van der Waals surface area contributed by atoms with Gasteiger partial charge in [0, 0.05) is 22.6 Å². The molecule has 1 atom stereocenters. The second kappa shape index (κ2) is 6.80. The Hall–Kier alpha value is -1.23. The molecule has 0 fully saturated rings. The van der Waals surface area contributed by atoms with Crippen molar-refractivity contribution in [1.29, 1.82) is 0 Å². The molecule has 0 aliphatic rings. The predicted octanol–water partition coefficient (Wildman–Crippen LogP) is 3.03. The number of benzene rings is 2. The molecular formula is C15H18O3S. The molecule has 1 unspecified atom stereocenters. The van der Waals surface area contributed by atoms with Crippen LogP contribution in [0.5, 0.6) is 5.75 Å². The van der Waals surface area contributed by atoms with E-state index >= 15 is 0 Å². The standard InChI is InChI=1S/C15H18O3S/c1-2-18-9-11(16)10-19-15-8-7-14(17)12-5-3-4-6-13(12)15/h3-8,11,16-17H,2,9-10H2,1H3. The zero-order valence-electron chi connectivity index (χ0n) is 10.9. The number of hydrogen-bond donors (Lipinski definition) is 2. The molecule has 0 radical (unpaired) electrons. The van der Waals surface area contributed by atoms with Crippen LogP contribution >= 0.6 is 11.8 Å². The average Bonchev–Trinajstić information content (AvgIpc) is 2.45. The average molecular weight is 278 g/mol. The zero-order valence-corrected chi connectivity index (χ0v) is 11.7. The van der Waals surface area contributed by atoms with Crippen molar-refractivity contribution < 1.29 is 14.9 Å². The van der Waals surface area contributed by atoms with E-state index in [4.69, 9.17) is 4.74 Å². The number of aromatic hydroxyl groups is 1. The molecule has 2 aromatic rings. The number of ether oxygens (including phenoxy) is 1. The van der Waals surface area contributed by atoms with Gasteiger partial charge >= 0.3 is 0 Å². The summed E-state index contributed by atoms with van der Waals surface area (Å²) < 4.78 is 5.19. The Morgan fingerprint density at radius 2 is 1.89 bits per heavy atom. The molecule has 0 saturated heterocycles. The number of aliphatic hydroxyl groups is 1. The van der Waals surface area contributed by atoms with Gasteiger partial charge in [-0.3, -0.25) is 0 Å². The Morgan fingerprint density at radius 1 is 1.16 bits per heavy atom. The largest absolute Gasteiger partial charge is 0.507 e. The maximum Gasteiger partial charge on any atom is 0.123 e. The normalized spacial score (nSPS) is 12.7. The minimum absolute atomic E-state index is 0.287. The van der Waals surface area contributed by atoms with Gasteiger partial charge in [0.25, 0.3) is 0 Å². The zero-order chi connectivity index (χ0) is 13.7. The molecule has 0 saturated carbocycles. The van der Waals surface area contributed by atoms with E-state index in [2.05, 4.69) is 0 Å². The van der Waals surface area contributed by atoms with E-state index in [9.17, 15) is 10.2 Å². The van der Waals surface area contributed by atoms with Gasteiger partial charge in [-0.15, -0.1) is 11.8 Å². The van der Waals surface area contributed by atoms with E-state index in [0.717, 1.165) is 15.7 Å². The molecule has 0 spiro atoms. The molecule has 0 aliphatic carbocycles. The van der Waals surface area contributed by atoms with Gasteiger partial charge in [-0.1, -0.05) is 24.3 Å². The molecule has 4 heteroatoms. The van der Waals surface area contributed by atoms with Crippen LogP contribution in [0.15, 0.2) is 41.3 Å². The van der Waals surface area contributed by atoms with Gasteiger partial charge in [-0.2, -0.15) is 0 Å². The lowest BCUT2D eigenvalue weighted by Crippen LogP contribution is -2.17. The molecule has 3 nitrogen and oxygen atoms in total. The summed E-state index contributed by atoms with van der Waals surface area (Å²) in [7, 11) is 0. The molecule has 0 aromatic heterocycles. The molecular weight excluding hydrogens is 260 g/mol. The first kappa shape index (κ1) is 14.2. The summed E-state index contributed by atoms with van der Waals surface area (Å²) in [5.41, 5.74) is 0. The monoisotopic (exact) mass is 278 g/mol. The van der Waals surface area contributed by atoms with Crippen LogP contribution in [0.2, 0.25) is 0 Å². The van der Waals surface area contributed by atoms with Crippen LogP contribution in [-0.4, -0.2) is 35.3 Å². The Kier molecular flexibility index (Phi) is 5.07. The number of thioether (sulfide) groups is 1. The van der Waals surface area contributed by atoms with E-state index in [1.165, 1.54) is 0 Å². The lowest BCUT2D eigenvalue weighted by molar-refractivity contribution is 0.0551. The Labute approximate surface area is 117 Å². The summed E-state index contributed by atoms with van der Waals surface area (Å²) in [6.07, 6.45) is -0.475. The summed E-state index contributed by atoms with van der Waals surface area (Å²) in [6, 6.07) is 11.3. The van der Waals surface area contributed by atoms with Crippen molar-refractivity contribution in [2.45, 2.75) is 17.9 Å². The SMILES string of the molecule is CCOCC(O)CSc1ccc(O)c2ccccc12. The van der Waals surface area contributed by atoms with E-state index in [0.29, 0.717) is 19.0 Å². The van der Waals surface area contributed by atoms with Crippen molar-refractivity contribution in [2.75, 3.05) is 19.0 Å². The van der Waals surface area contributed by atoms with Gasteiger partial charge in [-0.05, 0) is 24.4 Å². The summed E-state index contributed by atoms with van der Waals surface area (Å²) >= 11 is 1.58. The molecule has 0 amide bonds. The highest BCUT2D eigenvalue weighted by Crippen LogP contribution is 2.33. The van der Waals surface area contributed by atoms with Gasteiger partial charge in [0.15, 0.2) is 0 Å². The Morgan fingerprint density at radius 3 is 2.63 bits per heavy atom. The van der Waals surface area contributed by atoms with E-state index < -0.39 is 6.10 Å². The first-order chi connectivity index (χ1) is 9.22. The Balaban J connectivity index is 2.11. The third-order valence-electron chi connectivity index (χ3n) is 2.81. The fourth-order valence-corrected chi connectivity index (χ4v) is 2.84. The fraction of sp³-hybridized carbons (Fsp3) is 0.333. The third kappa shape index (κ3) is 3.62. The lowest BCUT2D eigenvalue weighted by atomic mass is 10.1. The number of aliphatic hydroxyl groups excluding tert-OH is 1. The van der Waals surface area contributed by atoms with Gasteiger partial charge in [0.1, 0.15) is 5.75 Å². The molecule has 19 heavy (non-hydrogen) atoms. The van der Waals surface area contributed by atoms with Crippen LogP contribution in [0.1, 0.15) is 6.92 Å². The van der Waals surface area contributed by atoms with Crippen molar-refractivity contribution in [2.24, 2.45) is 0 Å². The summed E-state index contributed by atoms with van der Waals surface area (Å²) in [5.74, 6) is 0.865. The molecule has 0 aliphatic heterocycles. The van der Waals surface area contributed by atoms with Crippen LogP contribution < -0.4 is 0 Å². The maximum atomic E-state index is 9.81. The highest BCUT2D eigenvalue weighted by atomic mass is 32.2. The first-order valence-electron chi connectivity index (χ1n) is 6.31. The van der Waals surface area contributed by atoms with E-state index in [-0.39, 0.29) is 5.75 Å². The van der Waals surface area contributed by atoms with Crippen molar-refractivity contribution in [1.82, 2.24) is 0 Å². The maximum absolute atomic E-state index is 9.81. The van der Waals surface area contributed by atoms with Gasteiger partial charge in [0.05, 0.1) is 12.7 Å². The van der Waals surface area contributed by atoms with Crippen molar-refractivity contribution in [3.63, 3.8) is 0 Å². The second-order valence-electron chi connectivity index (χ2n) is 4.25. The molecule has 2 aromatic carbocycles. The smallest absolute Gasteiger partial charge is 0.123 e. The quantitative estimate of drug-likeness (QED) is 0.797. The number of fused-ring (bicyclic) bond motifs is 1. The summed E-state index contributed by atoms with van der Waals surface area (Å²) in [4.78, 5) is 1.06. The molecule has 0 heterocycles. The van der Waals surface area contributed by atoms with Crippen molar-refractivity contribution in [3.05, 3.63) is 36.4 Å². The first-order valence-corrected chi connectivity index (χ1v) is 7.30. The highest BCUT2D eigenvalue weighted by molar-refractivity contribution is 7.99. The number of phenols is 1. The number of rotatable bonds is 6. The van der Waals surface area contributed by atoms with Crippen LogP contribution in [0.25, 0.3) is 10.8 Å². The molecule has 2 N–H and O–H groups in total. The van der Waals surface area contributed by atoms with Crippen molar-refractivity contribution in [3.8, 4) is 5.75 Å². The van der Waals surface area contributed by atoms with E-state index in [1.807, 2.05) is 37.3 Å². The molecule has 2 rings (SSSR count). The van der Waals surface area contributed by atoms with Gasteiger partial charge in [0.2, 0.25) is 0 Å². The van der Waals surface area contributed by atoms with Crippen LogP contribution in [-0.2, 0) is 4.74 Å². The van der Waals surface area contributed by atoms with E-state index in [1.54, 1.807) is 17.8 Å².